The summed E-state index contributed by atoms with van der Waals surface area (Å²) in [7, 11) is 0. The fourth-order valence-electron chi connectivity index (χ4n) is 1.23. The van der Waals surface area contributed by atoms with Gasteiger partial charge in [0.2, 0.25) is 0 Å². The van der Waals surface area contributed by atoms with Crippen LogP contribution in [0.5, 0.6) is 0 Å². The summed E-state index contributed by atoms with van der Waals surface area (Å²) in [6.07, 6.45) is 1.50. The minimum atomic E-state index is -0.591. The number of aromatic nitrogens is 2. The summed E-state index contributed by atoms with van der Waals surface area (Å²) in [5, 5.41) is 8.79. The maximum Gasteiger partial charge on any atom is 0.268 e. The van der Waals surface area contributed by atoms with Gasteiger partial charge in [-0.2, -0.15) is 5.26 Å². The van der Waals surface area contributed by atoms with Crippen LogP contribution >= 0.6 is 11.6 Å². The number of hydrogen-bond acceptors (Lipinski definition) is 3. The van der Waals surface area contributed by atoms with Gasteiger partial charge in [-0.05, 0) is 23.7 Å². The van der Waals surface area contributed by atoms with Crippen LogP contribution in [0, 0.1) is 11.3 Å². The molecule has 14 heavy (non-hydrogen) atoms. The Labute approximate surface area is 84.1 Å². The first kappa shape index (κ1) is 8.73. The maximum atomic E-state index is 10.8. The normalized spacial score (nSPS) is 10.0. The van der Waals surface area contributed by atoms with E-state index in [0.29, 0.717) is 16.6 Å². The fourth-order valence-corrected chi connectivity index (χ4v) is 1.33. The number of carbonyl (C=O) groups excluding carboxylic acids is 1. The largest absolute Gasteiger partial charge is 0.336 e. The third-order valence-electron chi connectivity index (χ3n) is 1.86. The van der Waals surface area contributed by atoms with Gasteiger partial charge in [0.05, 0.1) is 11.6 Å². The summed E-state index contributed by atoms with van der Waals surface area (Å²) >= 11 is 5.29. The third-order valence-corrected chi connectivity index (χ3v) is 2.07. The lowest BCUT2D eigenvalue weighted by molar-refractivity contribution is 0.107. The van der Waals surface area contributed by atoms with Crippen molar-refractivity contribution in [2.24, 2.45) is 0 Å². The van der Waals surface area contributed by atoms with Gasteiger partial charge < -0.3 is 4.98 Å². The van der Waals surface area contributed by atoms with Crippen molar-refractivity contribution in [3.05, 3.63) is 29.6 Å². The molecule has 0 saturated carbocycles. The Morgan fingerprint density at radius 3 is 3.07 bits per heavy atom. The molecule has 0 aliphatic carbocycles. The van der Waals surface area contributed by atoms with E-state index < -0.39 is 5.24 Å². The molecule has 0 bridgehead atoms. The van der Waals surface area contributed by atoms with Crippen molar-refractivity contribution in [1.29, 1.82) is 5.26 Å². The van der Waals surface area contributed by atoms with Crippen LogP contribution in [0.3, 0.4) is 0 Å². The number of carbonyl (C=O) groups is 1. The summed E-state index contributed by atoms with van der Waals surface area (Å²) in [5.41, 5.74) is 1.21. The molecule has 0 fully saturated rings. The van der Waals surface area contributed by atoms with E-state index in [1.807, 2.05) is 6.07 Å². The first-order chi connectivity index (χ1) is 6.72. The summed E-state index contributed by atoms with van der Waals surface area (Å²) in [6.45, 7) is 0. The average molecular weight is 206 g/mol. The Hall–Kier alpha value is -1.86. The van der Waals surface area contributed by atoms with Gasteiger partial charge in [0.1, 0.15) is 11.3 Å². The molecule has 0 spiro atoms. The summed E-state index contributed by atoms with van der Waals surface area (Å²) < 4.78 is 0. The monoisotopic (exact) mass is 205 g/mol. The van der Waals surface area contributed by atoms with Gasteiger partial charge in [0, 0.05) is 11.6 Å². The average Bonchev–Trinajstić information content (AvgIpc) is 2.60. The zero-order valence-corrected chi connectivity index (χ0v) is 7.67. The minimum Gasteiger partial charge on any atom is -0.336 e. The van der Waals surface area contributed by atoms with E-state index in [1.54, 1.807) is 6.07 Å². The maximum absolute atomic E-state index is 10.8. The second-order valence-corrected chi connectivity index (χ2v) is 3.03. The number of rotatable bonds is 1. The molecular formula is C9H4ClN3O. The Morgan fingerprint density at radius 2 is 2.43 bits per heavy atom. The lowest BCUT2D eigenvalue weighted by Crippen LogP contribution is -1.86. The van der Waals surface area contributed by atoms with Crippen molar-refractivity contribution in [3.63, 3.8) is 0 Å². The lowest BCUT2D eigenvalue weighted by atomic mass is 10.2. The number of H-pyrrole nitrogens is 1. The standard InChI is InChI=1S/C9H4ClN3O/c10-8(14)7-3-6-5(4-11)1-2-12-9(6)13-7/h1-3H,(H,12,13). The number of nitriles is 1. The Bertz CT molecular complexity index is 553. The number of halogens is 1. The van der Waals surface area contributed by atoms with Gasteiger partial charge >= 0.3 is 0 Å². The number of nitrogens with zero attached hydrogens (tertiary/aromatic N) is 2. The molecule has 2 aromatic heterocycles. The van der Waals surface area contributed by atoms with Crippen LogP contribution in [0.2, 0.25) is 0 Å². The molecule has 0 aliphatic rings. The molecule has 2 rings (SSSR count). The minimum absolute atomic E-state index is 0.247. The molecule has 0 radical (unpaired) electrons. The van der Waals surface area contributed by atoms with E-state index in [-0.39, 0.29) is 5.69 Å². The smallest absolute Gasteiger partial charge is 0.268 e. The Morgan fingerprint density at radius 1 is 1.64 bits per heavy atom. The van der Waals surface area contributed by atoms with Crippen LogP contribution in [-0.4, -0.2) is 15.2 Å². The molecule has 5 heteroatoms. The quantitative estimate of drug-likeness (QED) is 0.722. The highest BCUT2D eigenvalue weighted by Crippen LogP contribution is 2.17. The van der Waals surface area contributed by atoms with Crippen LogP contribution in [0.1, 0.15) is 16.1 Å². The fraction of sp³-hybridized carbons (Fsp3) is 0. The van der Waals surface area contributed by atoms with Crippen LogP contribution in [0.4, 0.5) is 0 Å². The van der Waals surface area contributed by atoms with Crippen molar-refractivity contribution in [2.75, 3.05) is 0 Å². The molecule has 0 unspecified atom stereocenters. The van der Waals surface area contributed by atoms with Crippen LogP contribution in [-0.2, 0) is 0 Å². The van der Waals surface area contributed by atoms with Crippen molar-refractivity contribution in [2.45, 2.75) is 0 Å². The van der Waals surface area contributed by atoms with Crippen molar-refractivity contribution < 1.29 is 4.79 Å². The van der Waals surface area contributed by atoms with E-state index in [1.165, 1.54) is 12.3 Å². The molecule has 0 amide bonds. The van der Waals surface area contributed by atoms with E-state index in [9.17, 15) is 4.79 Å². The van der Waals surface area contributed by atoms with Crippen molar-refractivity contribution >= 4 is 27.9 Å². The predicted molar refractivity (Wildman–Crippen MR) is 51.0 cm³/mol. The predicted octanol–water partition coefficient (Wildman–Crippen LogP) is 1.81. The highest BCUT2D eigenvalue weighted by atomic mass is 35.5. The van der Waals surface area contributed by atoms with Gasteiger partial charge in [0.25, 0.3) is 5.24 Å². The highest BCUT2D eigenvalue weighted by molar-refractivity contribution is 6.67. The molecule has 0 aliphatic heterocycles. The number of aromatic amines is 1. The Kier molecular flexibility index (Phi) is 1.95. The molecule has 2 heterocycles. The van der Waals surface area contributed by atoms with Crippen molar-refractivity contribution in [3.8, 4) is 6.07 Å². The van der Waals surface area contributed by atoms with Crippen LogP contribution in [0.25, 0.3) is 11.0 Å². The van der Waals surface area contributed by atoms with Crippen LogP contribution < -0.4 is 0 Å². The van der Waals surface area contributed by atoms with Crippen molar-refractivity contribution in [1.82, 2.24) is 9.97 Å². The summed E-state index contributed by atoms with van der Waals surface area (Å²) in [5.74, 6) is 0. The number of hydrogen-bond donors (Lipinski definition) is 1. The molecule has 4 nitrogen and oxygen atoms in total. The number of pyridine rings is 1. The first-order valence-electron chi connectivity index (χ1n) is 3.80. The summed E-state index contributed by atoms with van der Waals surface area (Å²) in [4.78, 5) is 17.5. The SMILES string of the molecule is N#Cc1ccnc2[nH]c(C(=O)Cl)cc12. The van der Waals surface area contributed by atoms with Crippen LogP contribution in [0.15, 0.2) is 18.3 Å². The molecule has 0 saturated heterocycles. The topological polar surface area (TPSA) is 69.5 Å². The number of fused-ring (bicyclic) bond motifs is 1. The lowest BCUT2D eigenvalue weighted by Gasteiger charge is -1.88. The first-order valence-corrected chi connectivity index (χ1v) is 4.18. The van der Waals surface area contributed by atoms with E-state index >= 15 is 0 Å². The van der Waals surface area contributed by atoms with E-state index in [0.717, 1.165) is 0 Å². The zero-order chi connectivity index (χ0) is 10.1. The second kappa shape index (κ2) is 3.13. The van der Waals surface area contributed by atoms with Gasteiger partial charge in [-0.1, -0.05) is 0 Å². The molecule has 68 valence electrons. The third kappa shape index (κ3) is 1.24. The molecule has 0 aromatic carbocycles. The second-order valence-electron chi connectivity index (χ2n) is 2.69. The zero-order valence-electron chi connectivity index (χ0n) is 6.91. The molecule has 0 atom stereocenters. The summed E-state index contributed by atoms with van der Waals surface area (Å²) in [6, 6.07) is 5.11. The van der Waals surface area contributed by atoms with E-state index in [2.05, 4.69) is 9.97 Å². The molecule has 1 N–H and O–H groups in total. The van der Waals surface area contributed by atoms with Gasteiger partial charge in [-0.3, -0.25) is 4.79 Å². The Balaban J connectivity index is 2.78. The van der Waals surface area contributed by atoms with Gasteiger partial charge in [0.15, 0.2) is 0 Å². The highest BCUT2D eigenvalue weighted by Gasteiger charge is 2.09. The molecule has 2 aromatic rings. The van der Waals surface area contributed by atoms with E-state index in [4.69, 9.17) is 16.9 Å². The van der Waals surface area contributed by atoms with Gasteiger partial charge in [-0.15, -0.1) is 0 Å². The van der Waals surface area contributed by atoms with Gasteiger partial charge in [-0.25, -0.2) is 4.98 Å². The molecular weight excluding hydrogens is 202 g/mol. The number of nitrogens with one attached hydrogen (secondary N) is 1.